The van der Waals surface area contributed by atoms with E-state index in [2.05, 4.69) is 5.92 Å². The molecule has 0 fully saturated rings. The zero-order valence-corrected chi connectivity index (χ0v) is 8.83. The van der Waals surface area contributed by atoms with E-state index in [0.29, 0.717) is 5.02 Å². The second-order valence-electron chi connectivity index (χ2n) is 3.24. The molecule has 0 aliphatic carbocycles. The lowest BCUT2D eigenvalue weighted by atomic mass is 10.0. The van der Waals surface area contributed by atoms with Gasteiger partial charge in [0.15, 0.2) is 0 Å². The fraction of sp³-hybridized carbons (Fsp3) is 0. The third-order valence-electron chi connectivity index (χ3n) is 2.17. The van der Waals surface area contributed by atoms with Crippen LogP contribution < -0.4 is 0 Å². The van der Waals surface area contributed by atoms with Crippen molar-refractivity contribution in [1.29, 1.82) is 0 Å². The minimum atomic E-state index is 0.671. The van der Waals surface area contributed by atoms with Crippen LogP contribution in [-0.2, 0) is 0 Å². The first-order chi connectivity index (χ1) is 7.29. The fourth-order valence-electron chi connectivity index (χ4n) is 1.47. The Hall–Kier alpha value is -1.71. The van der Waals surface area contributed by atoms with Crippen molar-refractivity contribution in [2.24, 2.45) is 0 Å². The van der Waals surface area contributed by atoms with Crippen molar-refractivity contribution in [2.45, 2.75) is 0 Å². The first-order valence-corrected chi connectivity index (χ1v) is 5.00. The first kappa shape index (κ1) is 9.83. The van der Waals surface area contributed by atoms with E-state index in [1.165, 1.54) is 0 Å². The highest BCUT2D eigenvalue weighted by Crippen LogP contribution is 2.24. The predicted octanol–water partition coefficient (Wildman–Crippen LogP) is 3.99. The van der Waals surface area contributed by atoms with Crippen molar-refractivity contribution in [3.05, 3.63) is 59.1 Å². The Morgan fingerprint density at radius 3 is 2.33 bits per heavy atom. The van der Waals surface area contributed by atoms with Gasteiger partial charge in [0.25, 0.3) is 0 Å². The molecular formula is C14H9Cl. The molecule has 0 radical (unpaired) electrons. The van der Waals surface area contributed by atoms with Crippen LogP contribution in [0.4, 0.5) is 0 Å². The van der Waals surface area contributed by atoms with Crippen LogP contribution in [0.5, 0.6) is 0 Å². The van der Waals surface area contributed by atoms with Crippen molar-refractivity contribution in [3.8, 4) is 23.5 Å². The second-order valence-corrected chi connectivity index (χ2v) is 3.68. The second kappa shape index (κ2) is 4.21. The van der Waals surface area contributed by atoms with Crippen LogP contribution in [0.3, 0.4) is 0 Å². The Kier molecular flexibility index (Phi) is 2.76. The quantitative estimate of drug-likeness (QED) is 0.627. The van der Waals surface area contributed by atoms with E-state index in [-0.39, 0.29) is 0 Å². The molecule has 72 valence electrons. The Morgan fingerprint density at radius 1 is 0.933 bits per heavy atom. The Labute approximate surface area is 94.5 Å². The smallest absolute Gasteiger partial charge is 0.0424 e. The average Bonchev–Trinajstić information content (AvgIpc) is 2.29. The molecule has 0 nitrogen and oxygen atoms in total. The van der Waals surface area contributed by atoms with E-state index < -0.39 is 0 Å². The zero-order chi connectivity index (χ0) is 10.7. The van der Waals surface area contributed by atoms with Crippen LogP contribution in [0.1, 0.15) is 5.56 Å². The minimum absolute atomic E-state index is 0.671. The van der Waals surface area contributed by atoms with Crippen molar-refractivity contribution in [2.75, 3.05) is 0 Å². The summed E-state index contributed by atoms with van der Waals surface area (Å²) in [4.78, 5) is 0. The van der Waals surface area contributed by atoms with Gasteiger partial charge in [0.05, 0.1) is 0 Å². The van der Waals surface area contributed by atoms with E-state index in [1.807, 2.05) is 42.5 Å². The molecule has 0 aromatic heterocycles. The van der Waals surface area contributed by atoms with E-state index in [0.717, 1.165) is 16.7 Å². The SMILES string of the molecule is C#Cc1cc(Cl)cc(-c2ccccc2)c1. The topological polar surface area (TPSA) is 0 Å². The van der Waals surface area contributed by atoms with E-state index in [9.17, 15) is 0 Å². The van der Waals surface area contributed by atoms with Crippen LogP contribution in [0.25, 0.3) is 11.1 Å². The van der Waals surface area contributed by atoms with Crippen LogP contribution in [0, 0.1) is 12.3 Å². The minimum Gasteiger partial charge on any atom is -0.115 e. The number of benzene rings is 2. The summed E-state index contributed by atoms with van der Waals surface area (Å²) in [7, 11) is 0. The number of halogens is 1. The lowest BCUT2D eigenvalue weighted by Crippen LogP contribution is -1.80. The molecule has 0 unspecified atom stereocenters. The molecule has 0 spiro atoms. The number of rotatable bonds is 1. The Morgan fingerprint density at radius 2 is 1.67 bits per heavy atom. The molecule has 2 rings (SSSR count). The monoisotopic (exact) mass is 212 g/mol. The summed E-state index contributed by atoms with van der Waals surface area (Å²) in [6.07, 6.45) is 5.36. The molecule has 0 aliphatic heterocycles. The Balaban J connectivity index is 2.55. The maximum absolute atomic E-state index is 5.98. The number of hydrogen-bond acceptors (Lipinski definition) is 0. The Bertz CT molecular complexity index is 507. The van der Waals surface area contributed by atoms with Gasteiger partial charge in [0.2, 0.25) is 0 Å². The maximum atomic E-state index is 5.98. The third-order valence-corrected chi connectivity index (χ3v) is 2.39. The molecule has 15 heavy (non-hydrogen) atoms. The summed E-state index contributed by atoms with van der Waals surface area (Å²) in [6.45, 7) is 0. The molecule has 2 aromatic carbocycles. The van der Waals surface area contributed by atoms with Crippen molar-refractivity contribution < 1.29 is 0 Å². The van der Waals surface area contributed by atoms with Gasteiger partial charge in [0.1, 0.15) is 0 Å². The van der Waals surface area contributed by atoms with Crippen LogP contribution in [0.2, 0.25) is 5.02 Å². The molecule has 0 amide bonds. The summed E-state index contributed by atoms with van der Waals surface area (Å²) < 4.78 is 0. The van der Waals surface area contributed by atoms with Crippen LogP contribution in [-0.4, -0.2) is 0 Å². The predicted molar refractivity (Wildman–Crippen MR) is 64.8 cm³/mol. The summed E-state index contributed by atoms with van der Waals surface area (Å²) in [6, 6.07) is 15.7. The maximum Gasteiger partial charge on any atom is 0.0424 e. The average molecular weight is 213 g/mol. The fourth-order valence-corrected chi connectivity index (χ4v) is 1.71. The van der Waals surface area contributed by atoms with Gasteiger partial charge in [-0.3, -0.25) is 0 Å². The van der Waals surface area contributed by atoms with Crippen molar-refractivity contribution in [1.82, 2.24) is 0 Å². The molecule has 0 heterocycles. The van der Waals surface area contributed by atoms with Gasteiger partial charge < -0.3 is 0 Å². The van der Waals surface area contributed by atoms with E-state index in [1.54, 1.807) is 6.07 Å². The van der Waals surface area contributed by atoms with Gasteiger partial charge in [-0.1, -0.05) is 47.9 Å². The van der Waals surface area contributed by atoms with Gasteiger partial charge in [-0.15, -0.1) is 6.42 Å². The van der Waals surface area contributed by atoms with Gasteiger partial charge in [-0.05, 0) is 29.3 Å². The normalized spacial score (nSPS) is 9.60. The van der Waals surface area contributed by atoms with Crippen LogP contribution >= 0.6 is 11.6 Å². The van der Waals surface area contributed by atoms with Crippen molar-refractivity contribution in [3.63, 3.8) is 0 Å². The molecule has 0 atom stereocenters. The lowest BCUT2D eigenvalue weighted by molar-refractivity contribution is 1.59. The molecule has 2 aromatic rings. The van der Waals surface area contributed by atoms with Gasteiger partial charge in [-0.25, -0.2) is 0 Å². The highest BCUT2D eigenvalue weighted by Gasteiger charge is 2.00. The zero-order valence-electron chi connectivity index (χ0n) is 8.07. The van der Waals surface area contributed by atoms with Gasteiger partial charge in [0, 0.05) is 10.6 Å². The highest BCUT2D eigenvalue weighted by molar-refractivity contribution is 6.31. The summed E-state index contributed by atoms with van der Waals surface area (Å²) >= 11 is 5.98. The number of hydrogen-bond donors (Lipinski definition) is 0. The molecular weight excluding hydrogens is 204 g/mol. The standard InChI is InChI=1S/C14H9Cl/c1-2-11-8-13(10-14(15)9-11)12-6-4-3-5-7-12/h1,3-10H. The summed E-state index contributed by atoms with van der Waals surface area (Å²) in [5.41, 5.74) is 2.98. The largest absolute Gasteiger partial charge is 0.115 e. The van der Waals surface area contributed by atoms with Crippen LogP contribution in [0.15, 0.2) is 48.5 Å². The highest BCUT2D eigenvalue weighted by atomic mass is 35.5. The van der Waals surface area contributed by atoms with Crippen molar-refractivity contribution >= 4 is 11.6 Å². The van der Waals surface area contributed by atoms with E-state index >= 15 is 0 Å². The molecule has 0 saturated carbocycles. The molecule has 0 saturated heterocycles. The van der Waals surface area contributed by atoms with Gasteiger partial charge in [-0.2, -0.15) is 0 Å². The summed E-state index contributed by atoms with van der Waals surface area (Å²) in [5.74, 6) is 2.59. The van der Waals surface area contributed by atoms with E-state index in [4.69, 9.17) is 18.0 Å². The molecule has 0 bridgehead atoms. The molecule has 0 N–H and O–H groups in total. The summed E-state index contributed by atoms with van der Waals surface area (Å²) in [5, 5.41) is 0.671. The molecule has 0 aliphatic rings. The number of terminal acetylenes is 1. The lowest BCUT2D eigenvalue weighted by Gasteiger charge is -2.03. The third kappa shape index (κ3) is 2.21. The molecule has 1 heteroatoms. The first-order valence-electron chi connectivity index (χ1n) is 4.62. The van der Waals surface area contributed by atoms with Gasteiger partial charge >= 0.3 is 0 Å².